The molecular weight excluding hydrogens is 342 g/mol. The van der Waals surface area contributed by atoms with Crippen LogP contribution in [-0.4, -0.2) is 32.3 Å². The summed E-state index contributed by atoms with van der Waals surface area (Å²) in [5.74, 6) is -9.84. The van der Waals surface area contributed by atoms with Crippen molar-refractivity contribution in [3.8, 4) is 0 Å². The van der Waals surface area contributed by atoms with Crippen molar-refractivity contribution in [3.05, 3.63) is 11.9 Å². The average molecular weight is 344 g/mol. The molecule has 0 amide bonds. The number of hydrogen-bond donors (Lipinski definition) is 0. The first kappa shape index (κ1) is 18.9. The number of alkyl halides is 6. The van der Waals surface area contributed by atoms with Gasteiger partial charge in [0.1, 0.15) is 0 Å². The largest absolute Gasteiger partial charge is 0.434 e. The number of halogens is 10. The van der Waals surface area contributed by atoms with Crippen molar-refractivity contribution < 1.29 is 56.6 Å². The molecule has 0 radical (unpaired) electrons. The van der Waals surface area contributed by atoms with Crippen molar-refractivity contribution in [2.45, 2.75) is 17.2 Å². The van der Waals surface area contributed by atoms with Crippen molar-refractivity contribution >= 4 is 10.2 Å². The second-order valence-electron chi connectivity index (χ2n) is 3.01. The minimum Gasteiger partial charge on any atom is -0.268 e. The topological polar surface area (TPSA) is 43.4 Å². The van der Waals surface area contributed by atoms with E-state index in [1.54, 1.807) is 0 Å². The molecule has 0 aromatic carbocycles. The van der Waals surface area contributed by atoms with Crippen LogP contribution in [0, 0.1) is 0 Å². The monoisotopic (exact) mass is 344 g/mol. The van der Waals surface area contributed by atoms with Crippen LogP contribution >= 0.6 is 0 Å². The van der Waals surface area contributed by atoms with E-state index >= 15 is 0 Å². The van der Waals surface area contributed by atoms with Crippen LogP contribution < -0.4 is 0 Å². The fourth-order valence-electron chi connectivity index (χ4n) is 0.705. The quantitative estimate of drug-likeness (QED) is 0.549. The molecule has 0 fully saturated rings. The standard InChI is InChI=1S/C6H2F10O3S/c7-1-4(11,6(14,15)20(16,17)18)19-5(12,13)2(8)3(9)10/h1H2. The third-order valence-corrected chi connectivity index (χ3v) is 2.54. The maximum absolute atomic E-state index is 13.0. The van der Waals surface area contributed by atoms with E-state index in [1.165, 1.54) is 0 Å². The van der Waals surface area contributed by atoms with Crippen molar-refractivity contribution in [3.63, 3.8) is 0 Å². The molecule has 0 heterocycles. The molecule has 0 aromatic rings. The Balaban J connectivity index is 5.79. The zero-order valence-corrected chi connectivity index (χ0v) is 9.44. The van der Waals surface area contributed by atoms with Crippen molar-refractivity contribution in [1.82, 2.24) is 0 Å². The lowest BCUT2D eigenvalue weighted by atomic mass is 10.3. The molecule has 0 saturated heterocycles. The van der Waals surface area contributed by atoms with Gasteiger partial charge in [0.25, 0.3) is 5.83 Å². The first-order valence-corrected chi connectivity index (χ1v) is 5.37. The van der Waals surface area contributed by atoms with Gasteiger partial charge in [-0.1, -0.05) is 3.89 Å². The highest BCUT2D eigenvalue weighted by molar-refractivity contribution is 7.87. The summed E-state index contributed by atoms with van der Waals surface area (Å²) < 4.78 is 144. The smallest absolute Gasteiger partial charge is 0.268 e. The molecule has 1 atom stereocenters. The molecule has 0 aliphatic heterocycles. The molecule has 3 nitrogen and oxygen atoms in total. The minimum absolute atomic E-state index is 2.13. The van der Waals surface area contributed by atoms with Crippen LogP contribution in [0.15, 0.2) is 11.9 Å². The molecule has 0 saturated carbocycles. The fraction of sp³-hybridized carbons (Fsp3) is 0.667. The molecule has 0 aliphatic rings. The molecule has 20 heavy (non-hydrogen) atoms. The van der Waals surface area contributed by atoms with Crippen LogP contribution in [0.3, 0.4) is 0 Å². The molecule has 0 aromatic heterocycles. The molecule has 1 unspecified atom stereocenters. The Morgan fingerprint density at radius 2 is 1.40 bits per heavy atom. The van der Waals surface area contributed by atoms with Gasteiger partial charge in [-0.2, -0.15) is 39.2 Å². The molecular formula is C6H2F10O3S. The van der Waals surface area contributed by atoms with E-state index < -0.39 is 46.0 Å². The number of hydrogen-bond acceptors (Lipinski definition) is 3. The Morgan fingerprint density at radius 3 is 1.65 bits per heavy atom. The van der Waals surface area contributed by atoms with Crippen LogP contribution in [0.4, 0.5) is 43.4 Å². The summed E-state index contributed by atoms with van der Waals surface area (Å²) in [7, 11) is -7.32. The van der Waals surface area contributed by atoms with Crippen molar-refractivity contribution in [1.29, 1.82) is 0 Å². The molecule has 120 valence electrons. The predicted molar refractivity (Wildman–Crippen MR) is 41.2 cm³/mol. The van der Waals surface area contributed by atoms with Crippen LogP contribution in [0.25, 0.3) is 0 Å². The van der Waals surface area contributed by atoms with Gasteiger partial charge in [-0.05, 0) is 0 Å². The van der Waals surface area contributed by atoms with E-state index in [2.05, 4.69) is 4.74 Å². The highest BCUT2D eigenvalue weighted by atomic mass is 32.3. The van der Waals surface area contributed by atoms with E-state index in [9.17, 15) is 51.8 Å². The molecule has 0 rings (SSSR count). The first-order valence-electron chi connectivity index (χ1n) is 3.98. The molecule has 0 bridgehead atoms. The third kappa shape index (κ3) is 3.34. The maximum Gasteiger partial charge on any atom is 0.434 e. The van der Waals surface area contributed by atoms with Gasteiger partial charge in [0.15, 0.2) is 6.67 Å². The van der Waals surface area contributed by atoms with E-state index in [0.717, 1.165) is 0 Å². The Morgan fingerprint density at radius 1 is 1.00 bits per heavy atom. The minimum atomic E-state index is -7.32. The maximum atomic E-state index is 13.0. The molecule has 14 heteroatoms. The van der Waals surface area contributed by atoms with Gasteiger partial charge in [-0.3, -0.25) is 4.74 Å². The zero-order chi connectivity index (χ0) is 16.6. The Labute approximate surface area is 104 Å². The normalized spacial score (nSPS) is 16.7. The van der Waals surface area contributed by atoms with E-state index in [0.29, 0.717) is 0 Å². The van der Waals surface area contributed by atoms with Crippen molar-refractivity contribution in [2.75, 3.05) is 6.67 Å². The SMILES string of the molecule is O=S(=O)(F)C(F)(F)C(F)(CF)OC(F)(F)C(F)=C(F)F. The van der Waals surface area contributed by atoms with Gasteiger partial charge in [-0.15, -0.1) is 0 Å². The van der Waals surface area contributed by atoms with Gasteiger partial charge in [0, 0.05) is 0 Å². The second-order valence-corrected chi connectivity index (χ2v) is 4.40. The van der Waals surface area contributed by atoms with Crippen LogP contribution in [-0.2, 0) is 15.0 Å². The van der Waals surface area contributed by atoms with Crippen LogP contribution in [0.2, 0.25) is 0 Å². The highest BCUT2D eigenvalue weighted by Gasteiger charge is 2.70. The fourth-order valence-corrected chi connectivity index (χ4v) is 1.16. The molecule has 0 aliphatic carbocycles. The van der Waals surface area contributed by atoms with E-state index in [1.807, 2.05) is 0 Å². The van der Waals surface area contributed by atoms with Gasteiger partial charge < -0.3 is 0 Å². The van der Waals surface area contributed by atoms with E-state index in [-0.39, 0.29) is 0 Å². The Hall–Kier alpha value is -1.05. The number of ether oxygens (including phenoxy) is 1. The summed E-state index contributed by atoms with van der Waals surface area (Å²) in [6.45, 7) is -3.42. The average Bonchev–Trinajstić information content (AvgIpc) is 2.25. The summed E-state index contributed by atoms with van der Waals surface area (Å²) in [6, 6.07) is 0. The lowest BCUT2D eigenvalue weighted by molar-refractivity contribution is -0.361. The van der Waals surface area contributed by atoms with E-state index in [4.69, 9.17) is 0 Å². The van der Waals surface area contributed by atoms with Gasteiger partial charge >= 0.3 is 33.5 Å². The number of rotatable bonds is 6. The van der Waals surface area contributed by atoms with Gasteiger partial charge in [0.05, 0.1) is 0 Å². The van der Waals surface area contributed by atoms with Crippen LogP contribution in [0.5, 0.6) is 0 Å². The van der Waals surface area contributed by atoms with Gasteiger partial charge in [-0.25, -0.2) is 8.78 Å². The summed E-state index contributed by atoms with van der Waals surface area (Å²) in [6.07, 6.45) is -10.0. The zero-order valence-electron chi connectivity index (χ0n) is 8.62. The molecule has 0 spiro atoms. The van der Waals surface area contributed by atoms with Crippen molar-refractivity contribution in [2.24, 2.45) is 0 Å². The van der Waals surface area contributed by atoms with Gasteiger partial charge in [0.2, 0.25) is 0 Å². The molecule has 0 N–H and O–H groups in total. The second kappa shape index (κ2) is 5.38. The summed E-state index contributed by atoms with van der Waals surface area (Å²) in [4.78, 5) is 0. The lowest BCUT2D eigenvalue weighted by Gasteiger charge is -2.30. The van der Waals surface area contributed by atoms with Crippen LogP contribution in [0.1, 0.15) is 0 Å². The summed E-state index contributed by atoms with van der Waals surface area (Å²) in [5.41, 5.74) is 0. The summed E-state index contributed by atoms with van der Waals surface area (Å²) in [5, 5.41) is -6.55. The Kier molecular flexibility index (Phi) is 5.10. The summed E-state index contributed by atoms with van der Waals surface area (Å²) >= 11 is 0. The predicted octanol–water partition coefficient (Wildman–Crippen LogP) is 3.20. The third-order valence-electron chi connectivity index (χ3n) is 1.62. The Bertz CT molecular complexity index is 495. The lowest BCUT2D eigenvalue weighted by Crippen LogP contribution is -2.55. The highest BCUT2D eigenvalue weighted by Crippen LogP contribution is 2.45. The first-order chi connectivity index (χ1) is 8.62.